The minimum Gasteiger partial charge on any atom is -0.461 e. The van der Waals surface area contributed by atoms with Crippen molar-refractivity contribution in [3.05, 3.63) is 25.6 Å². The van der Waals surface area contributed by atoms with Gasteiger partial charge in [-0.05, 0) is 104 Å². The molecule has 0 saturated carbocycles. The number of ether oxygens (including phenoxy) is 2. The van der Waals surface area contributed by atoms with Gasteiger partial charge in [-0.2, -0.15) is 9.97 Å². The minimum atomic E-state index is -0.866. The predicted octanol–water partition coefficient (Wildman–Crippen LogP) is 6.84. The van der Waals surface area contributed by atoms with Gasteiger partial charge in [-0.3, -0.25) is 4.90 Å². The van der Waals surface area contributed by atoms with Crippen LogP contribution in [0.1, 0.15) is 71.9 Å². The Balaban J connectivity index is 1.48. The van der Waals surface area contributed by atoms with Gasteiger partial charge >= 0.3 is 12.1 Å². The molecule has 11 heteroatoms. The fraction of sp³-hybridized carbons (Fsp3) is 0.679. The van der Waals surface area contributed by atoms with Crippen LogP contribution in [0, 0.1) is 15.3 Å². The van der Waals surface area contributed by atoms with Crippen LogP contribution in [-0.2, 0) is 4.74 Å². The van der Waals surface area contributed by atoms with Crippen molar-refractivity contribution < 1.29 is 23.0 Å². The molecule has 3 saturated heterocycles. The van der Waals surface area contributed by atoms with Crippen LogP contribution in [0.3, 0.4) is 0 Å². The van der Waals surface area contributed by atoms with E-state index in [4.69, 9.17) is 14.5 Å². The molecule has 39 heavy (non-hydrogen) atoms. The lowest BCUT2D eigenvalue weighted by atomic mass is 9.80. The summed E-state index contributed by atoms with van der Waals surface area (Å²) in [5.74, 6) is -0.469. The number of nitrogens with zero attached hydrogens (tertiary/aromatic N) is 4. The zero-order valence-electron chi connectivity index (χ0n) is 23.1. The zero-order valence-corrected chi connectivity index (χ0v) is 26.8. The van der Waals surface area contributed by atoms with Crippen molar-refractivity contribution in [3.8, 4) is 6.01 Å². The summed E-state index contributed by atoms with van der Waals surface area (Å²) in [6.07, 6.45) is 1.75. The lowest BCUT2D eigenvalue weighted by molar-refractivity contribution is 0.00347. The smallest absolute Gasteiger partial charge is 0.410 e. The van der Waals surface area contributed by atoms with E-state index in [0.29, 0.717) is 35.8 Å². The van der Waals surface area contributed by atoms with Gasteiger partial charge in [0.05, 0.1) is 15.7 Å². The number of alkyl halides is 1. The van der Waals surface area contributed by atoms with Crippen LogP contribution in [0.4, 0.5) is 13.6 Å². The van der Waals surface area contributed by atoms with Crippen molar-refractivity contribution >= 4 is 55.5 Å². The van der Waals surface area contributed by atoms with Crippen LogP contribution in [0.5, 0.6) is 6.01 Å². The SMILES string of the molecule is C[C@@H]1CC(c2nc(OC[C@@]34CCCN3C[C@H](F)C4)nc3c(F)c(Br)c(I)cc23)[C@@H](C)CN1C(=O)OC(C)(C)C. The quantitative estimate of drug-likeness (QED) is 0.255. The van der Waals surface area contributed by atoms with Gasteiger partial charge in [-0.15, -0.1) is 0 Å². The maximum absolute atomic E-state index is 15.6. The van der Waals surface area contributed by atoms with E-state index < -0.39 is 17.6 Å². The van der Waals surface area contributed by atoms with Crippen LogP contribution in [-0.4, -0.2) is 75.5 Å². The van der Waals surface area contributed by atoms with E-state index in [1.165, 1.54) is 0 Å². The number of aromatic nitrogens is 2. The summed E-state index contributed by atoms with van der Waals surface area (Å²) in [5, 5.41) is 0.646. The standard InChI is InChI=1S/C28H36BrF2IN4O3/c1-15-12-36(26(37)39-27(3,4)5)16(2)9-18(15)23-19-10-20(32)21(29)22(31)24(19)34-25(33-23)38-14-28-7-6-8-35(28)13-17(30)11-28/h10,15-18H,6-9,11-14H2,1-5H3/t15-,16+,17+,18?,28-/m0/s1. The molecule has 1 unspecified atom stereocenters. The van der Waals surface area contributed by atoms with Crippen LogP contribution >= 0.6 is 38.5 Å². The first kappa shape index (κ1) is 29.2. The number of benzene rings is 1. The van der Waals surface area contributed by atoms with Gasteiger partial charge in [0.2, 0.25) is 0 Å². The summed E-state index contributed by atoms with van der Waals surface area (Å²) in [6, 6.07) is 1.92. The molecule has 0 N–H and O–H groups in total. The van der Waals surface area contributed by atoms with Crippen LogP contribution in [0.15, 0.2) is 10.5 Å². The van der Waals surface area contributed by atoms with Crippen molar-refractivity contribution in [2.24, 2.45) is 5.92 Å². The molecule has 4 heterocycles. The number of carbonyl (C=O) groups excluding carboxylic acids is 1. The average molecular weight is 721 g/mol. The van der Waals surface area contributed by atoms with Crippen molar-refractivity contribution in [1.82, 2.24) is 19.8 Å². The Morgan fingerprint density at radius 2 is 2.03 bits per heavy atom. The first-order valence-corrected chi connectivity index (χ1v) is 15.5. The van der Waals surface area contributed by atoms with Crippen LogP contribution in [0.25, 0.3) is 10.9 Å². The first-order chi connectivity index (χ1) is 18.3. The molecule has 0 radical (unpaired) electrons. The number of halogens is 4. The Morgan fingerprint density at radius 1 is 1.28 bits per heavy atom. The highest BCUT2D eigenvalue weighted by atomic mass is 127. The second-order valence-electron chi connectivity index (χ2n) is 12.4. The number of hydrogen-bond acceptors (Lipinski definition) is 6. The lowest BCUT2D eigenvalue weighted by Gasteiger charge is -2.42. The maximum atomic E-state index is 15.6. The number of piperidine rings is 1. The zero-order chi connectivity index (χ0) is 28.3. The molecule has 5 atom stereocenters. The number of hydrogen-bond donors (Lipinski definition) is 0. The Hall–Kier alpha value is -1.34. The third kappa shape index (κ3) is 5.73. The molecule has 3 aliphatic heterocycles. The second-order valence-corrected chi connectivity index (χ2v) is 14.4. The van der Waals surface area contributed by atoms with Gasteiger partial charge in [0.1, 0.15) is 23.9 Å². The highest BCUT2D eigenvalue weighted by Crippen LogP contribution is 2.43. The highest BCUT2D eigenvalue weighted by molar-refractivity contribution is 14.1. The molecule has 3 fully saturated rings. The molecule has 5 rings (SSSR count). The van der Waals surface area contributed by atoms with Gasteiger partial charge in [-0.25, -0.2) is 13.6 Å². The van der Waals surface area contributed by atoms with E-state index in [-0.39, 0.29) is 47.6 Å². The summed E-state index contributed by atoms with van der Waals surface area (Å²) in [5.41, 5.74) is -0.0157. The number of fused-ring (bicyclic) bond motifs is 2. The molecule has 0 spiro atoms. The maximum Gasteiger partial charge on any atom is 0.410 e. The summed E-state index contributed by atoms with van der Waals surface area (Å²) >= 11 is 5.46. The van der Waals surface area contributed by atoms with Gasteiger partial charge in [0, 0.05) is 40.4 Å². The molecule has 1 amide bonds. The van der Waals surface area contributed by atoms with Gasteiger partial charge in [0.25, 0.3) is 0 Å². The molecule has 0 aliphatic carbocycles. The van der Waals surface area contributed by atoms with E-state index in [2.05, 4.69) is 55.3 Å². The van der Waals surface area contributed by atoms with Crippen LogP contribution < -0.4 is 4.74 Å². The molecule has 2 aromatic rings. The Morgan fingerprint density at radius 3 is 2.74 bits per heavy atom. The first-order valence-electron chi connectivity index (χ1n) is 13.6. The Labute approximate surface area is 250 Å². The minimum absolute atomic E-state index is 0.0371. The molecule has 214 valence electrons. The molecule has 7 nitrogen and oxygen atoms in total. The average Bonchev–Trinajstić information content (AvgIpc) is 3.37. The monoisotopic (exact) mass is 720 g/mol. The van der Waals surface area contributed by atoms with E-state index in [0.717, 1.165) is 28.7 Å². The molecule has 1 aromatic carbocycles. The Bertz CT molecular complexity index is 1280. The van der Waals surface area contributed by atoms with Crippen molar-refractivity contribution in [3.63, 3.8) is 0 Å². The molecular formula is C28H36BrF2IN4O3. The van der Waals surface area contributed by atoms with Gasteiger partial charge < -0.3 is 14.4 Å². The van der Waals surface area contributed by atoms with Crippen molar-refractivity contribution in [1.29, 1.82) is 0 Å². The third-order valence-corrected chi connectivity index (χ3v) is 10.7. The molecule has 3 aliphatic rings. The third-order valence-electron chi connectivity index (χ3n) is 8.34. The van der Waals surface area contributed by atoms with E-state index in [1.54, 1.807) is 4.90 Å². The fourth-order valence-electron chi connectivity index (χ4n) is 6.47. The number of carbonyl (C=O) groups is 1. The number of likely N-dealkylation sites (tertiary alicyclic amines) is 1. The molecule has 0 bridgehead atoms. The predicted molar refractivity (Wildman–Crippen MR) is 157 cm³/mol. The van der Waals surface area contributed by atoms with Crippen LogP contribution in [0.2, 0.25) is 0 Å². The number of amides is 1. The van der Waals surface area contributed by atoms with Crippen molar-refractivity contribution in [2.75, 3.05) is 26.2 Å². The summed E-state index contributed by atoms with van der Waals surface area (Å²) in [6.45, 7) is 11.7. The normalized spacial score (nSPS) is 29.6. The topological polar surface area (TPSA) is 67.8 Å². The van der Waals surface area contributed by atoms with E-state index in [9.17, 15) is 9.18 Å². The molecule has 1 aromatic heterocycles. The fourth-order valence-corrected chi connectivity index (χ4v) is 7.32. The van der Waals surface area contributed by atoms with Crippen molar-refractivity contribution in [2.45, 2.75) is 89.6 Å². The van der Waals surface area contributed by atoms with E-state index >= 15 is 4.39 Å². The van der Waals surface area contributed by atoms with Gasteiger partial charge in [0.15, 0.2) is 5.82 Å². The molecular weight excluding hydrogens is 685 g/mol. The Kier molecular flexibility index (Phi) is 8.09. The lowest BCUT2D eigenvalue weighted by Crippen LogP contribution is -2.49. The summed E-state index contributed by atoms with van der Waals surface area (Å²) in [7, 11) is 0. The largest absolute Gasteiger partial charge is 0.461 e. The summed E-state index contributed by atoms with van der Waals surface area (Å²) < 4.78 is 42.8. The van der Waals surface area contributed by atoms with E-state index in [1.807, 2.05) is 33.8 Å². The second kappa shape index (κ2) is 10.8. The number of rotatable bonds is 4. The summed E-state index contributed by atoms with van der Waals surface area (Å²) in [4.78, 5) is 26.2. The van der Waals surface area contributed by atoms with Gasteiger partial charge in [-0.1, -0.05) is 6.92 Å². The highest BCUT2D eigenvalue weighted by Gasteiger charge is 2.49.